The van der Waals surface area contributed by atoms with Gasteiger partial charge in [0.05, 0.1) is 0 Å². The fourth-order valence-electron chi connectivity index (χ4n) is 16.7. The fraction of sp³-hybridized carbons (Fsp3) is 0.986. The van der Waals surface area contributed by atoms with Crippen molar-refractivity contribution in [1.82, 2.24) is 0 Å². The van der Waals surface area contributed by atoms with Gasteiger partial charge in [0.25, 0.3) is 0 Å². The molecule has 71 heavy (non-hydrogen) atoms. The zero-order valence-corrected chi connectivity index (χ0v) is 55.7. The van der Waals surface area contributed by atoms with Gasteiger partial charge in [-0.2, -0.15) is 0 Å². The van der Waals surface area contributed by atoms with E-state index < -0.39 is 0 Å². The van der Waals surface area contributed by atoms with Crippen LogP contribution in [0.15, 0.2) is 0 Å². The van der Waals surface area contributed by atoms with Gasteiger partial charge in [0, 0.05) is 12.5 Å². The number of hydrogen-bond donors (Lipinski definition) is 1. The van der Waals surface area contributed by atoms with Crippen molar-refractivity contribution in [2.45, 2.75) is 299 Å². The third kappa shape index (κ3) is 21.9. The Morgan fingerprint density at radius 2 is 0.577 bits per heavy atom. The molecule has 0 aromatic rings. The molecule has 0 spiro atoms. The molecule has 1 N–H and O–H groups in total. The zero-order chi connectivity index (χ0) is 57.0. The van der Waals surface area contributed by atoms with Crippen molar-refractivity contribution in [3.63, 3.8) is 0 Å². The Bertz CT molecular complexity index is 1290. The van der Waals surface area contributed by atoms with Crippen molar-refractivity contribution in [3.8, 4) is 0 Å². The summed E-state index contributed by atoms with van der Waals surface area (Å²) in [6.45, 7) is 77.9. The van der Waals surface area contributed by atoms with E-state index >= 15 is 0 Å². The van der Waals surface area contributed by atoms with E-state index in [1.807, 2.05) is 41.5 Å². The average molecular weight is 1000 g/mol. The first kappa shape index (κ1) is 74.9. The highest BCUT2D eigenvalue weighted by Crippen LogP contribution is 2.64. The molecule has 14 unspecified atom stereocenters. The van der Waals surface area contributed by atoms with E-state index in [2.05, 4.69) is 187 Å². The lowest BCUT2D eigenvalue weighted by Crippen LogP contribution is -2.38. The van der Waals surface area contributed by atoms with E-state index in [-0.39, 0.29) is 5.92 Å². The van der Waals surface area contributed by atoms with Crippen LogP contribution in [-0.2, 0) is 4.79 Å². The van der Waals surface area contributed by atoms with Gasteiger partial charge in [-0.25, -0.2) is 0 Å². The van der Waals surface area contributed by atoms with Gasteiger partial charge in [-0.1, -0.05) is 280 Å². The maximum absolute atomic E-state index is 11.2. The van der Waals surface area contributed by atoms with E-state index in [1.54, 1.807) is 0 Å². The van der Waals surface area contributed by atoms with Crippen LogP contribution < -0.4 is 0 Å². The third-order valence-corrected chi connectivity index (χ3v) is 18.6. The first-order valence-electron chi connectivity index (χ1n) is 31.5. The lowest BCUT2D eigenvalue weighted by atomic mass is 9.61. The average Bonchev–Trinajstić information content (AvgIpc) is 3.82. The Balaban J connectivity index is -0.000000927. The molecular formula is C69H142O2. The summed E-state index contributed by atoms with van der Waals surface area (Å²) in [5, 5.41) is 9.32. The molecule has 0 aromatic carbocycles. The summed E-state index contributed by atoms with van der Waals surface area (Å²) in [5.74, 6) is 13.1. The predicted molar refractivity (Wildman–Crippen MR) is 325 cm³/mol. The molecule has 2 heteroatoms. The highest BCUT2D eigenvalue weighted by atomic mass is 16.3. The minimum atomic E-state index is 0.193. The quantitative estimate of drug-likeness (QED) is 0.166. The molecule has 0 aromatic heterocycles. The van der Waals surface area contributed by atoms with Crippen molar-refractivity contribution in [1.29, 1.82) is 0 Å². The third-order valence-electron chi connectivity index (χ3n) is 18.6. The summed E-state index contributed by atoms with van der Waals surface area (Å²) in [6.07, 6.45) is 15.3. The Hall–Kier alpha value is -0.370. The molecule has 0 aliphatic heterocycles. The van der Waals surface area contributed by atoms with Crippen LogP contribution in [0.25, 0.3) is 0 Å². The van der Waals surface area contributed by atoms with Crippen molar-refractivity contribution in [2.24, 2.45) is 133 Å². The fourth-order valence-corrected chi connectivity index (χ4v) is 16.7. The van der Waals surface area contributed by atoms with E-state index in [4.69, 9.17) is 0 Å². The SMILES string of the molecule is CC.CC.CC.CCCC1C(C(C)(C)C)C(C(C)(C)C)C(CC(C)C=O)[C@@H]1C.CCCC1C(C(C)(C)C)C(C(C)(C)C)C(CC(C)CCO)[C@@H]1C.CCCC1C(C)C(CCC)C(C(C)(C)C)C1C(C)(C)C. The summed E-state index contributed by atoms with van der Waals surface area (Å²) < 4.78 is 0. The van der Waals surface area contributed by atoms with E-state index in [9.17, 15) is 9.90 Å². The minimum absolute atomic E-state index is 0.193. The molecule has 16 atom stereocenters. The largest absolute Gasteiger partial charge is 0.396 e. The number of aldehydes is 1. The van der Waals surface area contributed by atoms with Crippen LogP contribution >= 0.6 is 0 Å². The smallest absolute Gasteiger partial charge is 0.122 e. The highest BCUT2D eigenvalue weighted by Gasteiger charge is 2.57. The van der Waals surface area contributed by atoms with Gasteiger partial charge in [0.2, 0.25) is 0 Å². The Kier molecular flexibility index (Phi) is 34.8. The second kappa shape index (κ2) is 33.0. The first-order chi connectivity index (χ1) is 32.4. The normalized spacial score (nSPS) is 32.0. The minimum Gasteiger partial charge on any atom is -0.396 e. The molecule has 0 saturated heterocycles. The number of aliphatic hydroxyl groups is 1. The van der Waals surface area contributed by atoms with E-state index in [0.29, 0.717) is 56.9 Å². The van der Waals surface area contributed by atoms with Gasteiger partial charge in [0.15, 0.2) is 0 Å². The summed E-state index contributed by atoms with van der Waals surface area (Å²) in [7, 11) is 0. The molecule has 0 heterocycles. The van der Waals surface area contributed by atoms with Gasteiger partial charge in [-0.3, -0.25) is 0 Å². The van der Waals surface area contributed by atoms with Gasteiger partial charge in [-0.05, 0) is 146 Å². The molecule has 0 bridgehead atoms. The second-order valence-electron chi connectivity index (χ2n) is 30.3. The Morgan fingerprint density at radius 1 is 0.380 bits per heavy atom. The molecule has 3 aliphatic carbocycles. The molecule has 0 radical (unpaired) electrons. The topological polar surface area (TPSA) is 37.3 Å². The highest BCUT2D eigenvalue weighted by molar-refractivity contribution is 5.52. The predicted octanol–water partition coefficient (Wildman–Crippen LogP) is 22.5. The molecule has 3 rings (SSSR count). The molecule has 3 aliphatic rings. The first-order valence-corrected chi connectivity index (χ1v) is 31.5. The zero-order valence-electron chi connectivity index (χ0n) is 55.7. The van der Waals surface area contributed by atoms with Crippen LogP contribution in [0.1, 0.15) is 299 Å². The monoisotopic (exact) mass is 1000 g/mol. The van der Waals surface area contributed by atoms with Gasteiger partial charge in [-0.15, -0.1) is 0 Å². The van der Waals surface area contributed by atoms with E-state index in [0.717, 1.165) is 96.1 Å². The van der Waals surface area contributed by atoms with Gasteiger partial charge < -0.3 is 9.90 Å². The maximum atomic E-state index is 11.2. The van der Waals surface area contributed by atoms with Gasteiger partial charge >= 0.3 is 0 Å². The lowest BCUT2D eigenvalue weighted by Gasteiger charge is -2.44. The van der Waals surface area contributed by atoms with Crippen molar-refractivity contribution in [3.05, 3.63) is 0 Å². The molecular weight excluding hydrogens is 861 g/mol. The van der Waals surface area contributed by atoms with Crippen LogP contribution in [-0.4, -0.2) is 18.0 Å². The Morgan fingerprint density at radius 3 is 0.761 bits per heavy atom. The number of hydrogen-bond acceptors (Lipinski definition) is 2. The van der Waals surface area contributed by atoms with Crippen LogP contribution in [0, 0.1) is 133 Å². The van der Waals surface area contributed by atoms with Crippen molar-refractivity contribution in [2.75, 3.05) is 6.61 Å². The van der Waals surface area contributed by atoms with E-state index in [1.165, 1.54) is 57.8 Å². The lowest BCUT2D eigenvalue weighted by molar-refractivity contribution is -0.111. The van der Waals surface area contributed by atoms with Crippen molar-refractivity contribution < 1.29 is 9.90 Å². The molecule has 3 fully saturated rings. The maximum Gasteiger partial charge on any atom is 0.122 e. The Labute approximate surface area is 453 Å². The number of aliphatic hydroxyl groups excluding tert-OH is 1. The molecule has 3 saturated carbocycles. The summed E-state index contributed by atoms with van der Waals surface area (Å²) in [6, 6.07) is 0. The van der Waals surface area contributed by atoms with Crippen LogP contribution in [0.5, 0.6) is 0 Å². The van der Waals surface area contributed by atoms with Crippen molar-refractivity contribution >= 4 is 6.29 Å². The van der Waals surface area contributed by atoms with Gasteiger partial charge in [0.1, 0.15) is 6.29 Å². The second-order valence-corrected chi connectivity index (χ2v) is 30.3. The summed E-state index contributed by atoms with van der Waals surface area (Å²) in [5.41, 5.74) is 2.26. The molecule has 2 nitrogen and oxygen atoms in total. The standard InChI is InChI=1S/C22H44O.C21H40O.C20H40.3C2H6/c1-10-11-17-16(3)18(14-15(2)12-13-23)20(22(7,8)9)19(17)21(4,5)6;1-10-11-16-15(3)17(12-14(2)13-22)19(21(7,8)9)18(16)20(4,5)6;1-10-12-15-14(3)16(13-11-2)18(20(7,8)9)17(15)19(4,5)6;3*1-2/h15-20,23H,10-14H2,1-9H3;13-19H,10-12H2,1-9H3;14-18H,10-13H2,1-9H3;3*1-2H3/t15?,16-,17?,18?,19?,20?;14?,15-,16?,17?,18?,19?;;;;/m11..../s1. The molecule has 0 amide bonds. The van der Waals surface area contributed by atoms with Crippen LogP contribution in [0.3, 0.4) is 0 Å². The van der Waals surface area contributed by atoms with Crippen LogP contribution in [0.4, 0.5) is 0 Å². The number of carbonyl (C=O) groups excluding carboxylic acids is 1. The summed E-state index contributed by atoms with van der Waals surface area (Å²) in [4.78, 5) is 11.2. The number of rotatable bonds is 15. The van der Waals surface area contributed by atoms with Crippen LogP contribution in [0.2, 0.25) is 0 Å². The summed E-state index contributed by atoms with van der Waals surface area (Å²) >= 11 is 0. The number of carbonyl (C=O) groups is 1. The molecule has 430 valence electrons.